The first-order valence-electron chi connectivity index (χ1n) is 8.77. The second-order valence-electron chi connectivity index (χ2n) is 6.32. The molecule has 1 amide bonds. The molecule has 0 saturated carbocycles. The number of carbonyl (C=O) groups excluding carboxylic acids is 1. The Morgan fingerprint density at radius 2 is 2.18 bits per heavy atom. The third-order valence-electron chi connectivity index (χ3n) is 4.55. The molecule has 0 spiro atoms. The number of furan rings is 1. The maximum absolute atomic E-state index is 14.1. The molecule has 0 saturated heterocycles. The lowest BCUT2D eigenvalue weighted by Gasteiger charge is -2.26. The fourth-order valence-corrected chi connectivity index (χ4v) is 5.00. The van der Waals surface area contributed by atoms with Gasteiger partial charge in [0.1, 0.15) is 10.8 Å². The van der Waals surface area contributed by atoms with Gasteiger partial charge in [-0.3, -0.25) is 4.79 Å². The third-order valence-corrected chi connectivity index (χ3v) is 6.39. The quantitative estimate of drug-likeness (QED) is 0.484. The van der Waals surface area contributed by atoms with Crippen molar-refractivity contribution in [2.75, 3.05) is 12.0 Å². The summed E-state index contributed by atoms with van der Waals surface area (Å²) in [4.78, 5) is 22.6. The van der Waals surface area contributed by atoms with Gasteiger partial charge in [0.05, 0.1) is 23.6 Å². The number of nitrogens with zero attached hydrogens (tertiary/aromatic N) is 2. The minimum absolute atomic E-state index is 0.238. The van der Waals surface area contributed by atoms with Crippen molar-refractivity contribution in [3.8, 4) is 11.6 Å². The first-order valence-corrected chi connectivity index (χ1v) is 11.0. The van der Waals surface area contributed by atoms with Crippen LogP contribution in [0, 0.1) is 12.7 Å². The summed E-state index contributed by atoms with van der Waals surface area (Å²) in [5.74, 6) is 1.26. The number of hydrogen-bond acceptors (Lipinski definition) is 6. The fourth-order valence-electron chi connectivity index (χ4n) is 3.24. The summed E-state index contributed by atoms with van der Waals surface area (Å²) in [7, 11) is 0. The molecular formula is C20H18FN3O2S2. The Morgan fingerprint density at radius 1 is 1.32 bits per heavy atom. The summed E-state index contributed by atoms with van der Waals surface area (Å²) in [6, 6.07) is 8.31. The van der Waals surface area contributed by atoms with E-state index < -0.39 is 0 Å². The van der Waals surface area contributed by atoms with Crippen LogP contribution in [0.15, 0.2) is 50.9 Å². The van der Waals surface area contributed by atoms with E-state index in [9.17, 15) is 9.18 Å². The van der Waals surface area contributed by atoms with Crippen LogP contribution in [0.2, 0.25) is 0 Å². The van der Waals surface area contributed by atoms with Crippen LogP contribution in [0.25, 0.3) is 11.6 Å². The minimum Gasteiger partial charge on any atom is -0.461 e. The van der Waals surface area contributed by atoms with Gasteiger partial charge in [0.25, 0.3) is 5.91 Å². The number of amides is 1. The number of aromatic nitrogens is 2. The van der Waals surface area contributed by atoms with Crippen LogP contribution in [-0.4, -0.2) is 27.9 Å². The second kappa shape index (κ2) is 7.97. The number of rotatable bonds is 4. The molecule has 3 heterocycles. The van der Waals surface area contributed by atoms with Crippen LogP contribution < -0.4 is 5.32 Å². The van der Waals surface area contributed by atoms with Crippen molar-refractivity contribution in [2.45, 2.75) is 29.3 Å². The van der Waals surface area contributed by atoms with E-state index >= 15 is 0 Å². The average Bonchev–Trinajstić information content (AvgIpc) is 3.23. The topological polar surface area (TPSA) is 68.0 Å². The molecule has 1 unspecified atom stereocenters. The molecule has 4 rings (SSSR count). The molecule has 144 valence electrons. The lowest BCUT2D eigenvalue weighted by Crippen LogP contribution is -2.32. The van der Waals surface area contributed by atoms with E-state index in [0.717, 1.165) is 17.7 Å². The van der Waals surface area contributed by atoms with Crippen molar-refractivity contribution in [3.05, 3.63) is 59.2 Å². The SMILES string of the molecule is CSc1nc(-c2ccco2)nc(C)c1C(=O)NC1CCSc2c(F)cccc21. The molecule has 0 aliphatic carbocycles. The molecule has 0 bridgehead atoms. The number of nitrogens with one attached hydrogen (secondary N) is 1. The number of thioether (sulfide) groups is 2. The molecule has 1 aliphatic rings. The number of fused-ring (bicyclic) bond motifs is 1. The van der Waals surface area contributed by atoms with Gasteiger partial charge in [-0.15, -0.1) is 23.5 Å². The van der Waals surface area contributed by atoms with Gasteiger partial charge in [0, 0.05) is 10.6 Å². The van der Waals surface area contributed by atoms with Gasteiger partial charge >= 0.3 is 0 Å². The Labute approximate surface area is 170 Å². The van der Waals surface area contributed by atoms with Gasteiger partial charge in [-0.1, -0.05) is 12.1 Å². The molecule has 5 nitrogen and oxygen atoms in total. The number of carbonyl (C=O) groups is 1. The molecule has 1 N–H and O–H groups in total. The summed E-state index contributed by atoms with van der Waals surface area (Å²) >= 11 is 2.87. The van der Waals surface area contributed by atoms with Gasteiger partial charge in [-0.05, 0) is 43.4 Å². The van der Waals surface area contributed by atoms with Gasteiger partial charge in [-0.2, -0.15) is 0 Å². The Morgan fingerprint density at radius 3 is 2.93 bits per heavy atom. The van der Waals surface area contributed by atoms with Gasteiger partial charge in [-0.25, -0.2) is 14.4 Å². The van der Waals surface area contributed by atoms with Crippen molar-refractivity contribution in [1.29, 1.82) is 0 Å². The zero-order valence-corrected chi connectivity index (χ0v) is 17.0. The molecular weight excluding hydrogens is 397 g/mol. The lowest BCUT2D eigenvalue weighted by molar-refractivity contribution is 0.0930. The summed E-state index contributed by atoms with van der Waals surface area (Å²) in [6.45, 7) is 1.78. The van der Waals surface area contributed by atoms with Gasteiger partial charge in [0.2, 0.25) is 0 Å². The summed E-state index contributed by atoms with van der Waals surface area (Å²) in [5, 5.41) is 3.64. The van der Waals surface area contributed by atoms with E-state index in [1.807, 2.05) is 12.3 Å². The van der Waals surface area contributed by atoms with Crippen molar-refractivity contribution in [3.63, 3.8) is 0 Å². The Kier molecular flexibility index (Phi) is 5.41. The highest BCUT2D eigenvalue weighted by atomic mass is 32.2. The fraction of sp³-hybridized carbons (Fsp3) is 0.250. The predicted octanol–water partition coefficient (Wildman–Crippen LogP) is 4.87. The van der Waals surface area contributed by atoms with Crippen LogP contribution in [-0.2, 0) is 0 Å². The van der Waals surface area contributed by atoms with Crippen molar-refractivity contribution in [1.82, 2.24) is 15.3 Å². The molecule has 0 radical (unpaired) electrons. The van der Waals surface area contributed by atoms with E-state index in [-0.39, 0.29) is 17.8 Å². The smallest absolute Gasteiger partial charge is 0.256 e. The molecule has 8 heteroatoms. The van der Waals surface area contributed by atoms with Crippen molar-refractivity contribution >= 4 is 29.4 Å². The number of hydrogen-bond donors (Lipinski definition) is 1. The third kappa shape index (κ3) is 3.54. The maximum Gasteiger partial charge on any atom is 0.256 e. The van der Waals surface area contributed by atoms with E-state index in [1.54, 1.807) is 31.4 Å². The predicted molar refractivity (Wildman–Crippen MR) is 108 cm³/mol. The second-order valence-corrected chi connectivity index (χ2v) is 8.22. The summed E-state index contributed by atoms with van der Waals surface area (Å²) in [6.07, 6.45) is 4.17. The Hall–Kier alpha value is -2.32. The van der Waals surface area contributed by atoms with Crippen LogP contribution in [0.4, 0.5) is 4.39 Å². The first kappa shape index (κ1) is 19.0. The molecule has 2 aromatic heterocycles. The summed E-state index contributed by atoms with van der Waals surface area (Å²) in [5.41, 5.74) is 1.84. The highest BCUT2D eigenvalue weighted by Gasteiger charge is 2.27. The molecule has 28 heavy (non-hydrogen) atoms. The molecule has 1 atom stereocenters. The minimum atomic E-state index is -0.250. The number of aryl methyl sites for hydroxylation is 1. The standard InChI is InChI=1S/C20H18FN3O2S2/c1-11-16(20(27-2)24-18(22-11)15-7-4-9-26-15)19(25)23-14-8-10-28-17-12(14)5-3-6-13(17)21/h3-7,9,14H,8,10H2,1-2H3,(H,23,25). The molecule has 3 aromatic rings. The first-order chi connectivity index (χ1) is 13.6. The highest BCUT2D eigenvalue weighted by molar-refractivity contribution is 7.99. The van der Waals surface area contributed by atoms with Crippen molar-refractivity contribution < 1.29 is 13.6 Å². The summed E-state index contributed by atoms with van der Waals surface area (Å²) < 4.78 is 19.5. The van der Waals surface area contributed by atoms with E-state index in [4.69, 9.17) is 4.42 Å². The average molecular weight is 416 g/mol. The van der Waals surface area contributed by atoms with Crippen molar-refractivity contribution in [2.24, 2.45) is 0 Å². The van der Waals surface area contributed by atoms with E-state index in [2.05, 4.69) is 15.3 Å². The number of benzene rings is 1. The monoisotopic (exact) mass is 415 g/mol. The van der Waals surface area contributed by atoms with Crippen LogP contribution in [0.1, 0.15) is 34.1 Å². The normalized spacial score (nSPS) is 15.9. The van der Waals surface area contributed by atoms with Crippen LogP contribution in [0.5, 0.6) is 0 Å². The van der Waals surface area contributed by atoms with Crippen LogP contribution in [0.3, 0.4) is 0 Å². The zero-order valence-electron chi connectivity index (χ0n) is 15.4. The largest absolute Gasteiger partial charge is 0.461 e. The van der Waals surface area contributed by atoms with Gasteiger partial charge < -0.3 is 9.73 Å². The van der Waals surface area contributed by atoms with E-state index in [0.29, 0.717) is 32.8 Å². The molecule has 1 aliphatic heterocycles. The van der Waals surface area contributed by atoms with Gasteiger partial charge in [0.15, 0.2) is 11.6 Å². The zero-order chi connectivity index (χ0) is 19.7. The Bertz CT molecular complexity index is 1020. The molecule has 0 fully saturated rings. The lowest BCUT2D eigenvalue weighted by atomic mass is 10.0. The van der Waals surface area contributed by atoms with Crippen LogP contribution >= 0.6 is 23.5 Å². The Balaban J connectivity index is 1.65. The molecule has 1 aromatic carbocycles. The van der Waals surface area contributed by atoms with E-state index in [1.165, 1.54) is 29.6 Å². The highest BCUT2D eigenvalue weighted by Crippen LogP contribution is 2.38. The maximum atomic E-state index is 14.1. The number of halogens is 1.